The zero-order valence-electron chi connectivity index (χ0n) is 12.4. The quantitative estimate of drug-likeness (QED) is 0.254. The van der Waals surface area contributed by atoms with Crippen LogP contribution in [0.3, 0.4) is 0 Å². The summed E-state index contributed by atoms with van der Waals surface area (Å²) in [6.07, 6.45) is 25.5. The van der Waals surface area contributed by atoms with E-state index in [4.69, 9.17) is 0 Å². The van der Waals surface area contributed by atoms with E-state index in [1.54, 1.807) is 0 Å². The zero-order valence-corrected chi connectivity index (χ0v) is 12.4. The molecule has 0 heteroatoms. The molecule has 0 spiro atoms. The lowest BCUT2D eigenvalue weighted by molar-refractivity contribution is 0.674. The van der Waals surface area contributed by atoms with Gasteiger partial charge in [0.2, 0.25) is 0 Å². The molecule has 0 rings (SSSR count). The predicted octanol–water partition coefficient (Wildman–Crippen LogP) is 6.60. The highest BCUT2D eigenvalue weighted by atomic mass is 13.9. The monoisotopic (exact) mass is 248 g/mol. The second-order valence-corrected chi connectivity index (χ2v) is 4.94. The van der Waals surface area contributed by atoms with Gasteiger partial charge in [-0.25, -0.2) is 0 Å². The third-order valence-electron chi connectivity index (χ3n) is 3.09. The lowest BCUT2D eigenvalue weighted by Crippen LogP contribution is -1.74. The van der Waals surface area contributed by atoms with Crippen molar-refractivity contribution in [2.45, 2.75) is 77.6 Å². The Balaban J connectivity index is 3.15. The first-order valence-corrected chi connectivity index (χ1v) is 7.82. The first-order valence-electron chi connectivity index (χ1n) is 7.82. The second-order valence-electron chi connectivity index (χ2n) is 4.94. The normalized spacial score (nSPS) is 11.6. The van der Waals surface area contributed by atoms with Crippen LogP contribution in [0, 0.1) is 0 Å². The molecule has 0 N–H and O–H groups in total. The Kier molecular flexibility index (Phi) is 15.5. The van der Waals surface area contributed by atoms with Crippen molar-refractivity contribution in [1.29, 1.82) is 0 Å². The average Bonchev–Trinajstić information content (AvgIpc) is 2.39. The topological polar surface area (TPSA) is 0 Å². The number of allylic oxidation sites excluding steroid dienone is 5. The van der Waals surface area contributed by atoms with Crippen molar-refractivity contribution in [3.63, 3.8) is 0 Å². The fraction of sp³-hybridized carbons (Fsp3) is 0.667. The van der Waals surface area contributed by atoms with Crippen LogP contribution in [0.25, 0.3) is 0 Å². The lowest BCUT2D eigenvalue weighted by atomic mass is 10.1. The minimum absolute atomic E-state index is 1.16. The van der Waals surface area contributed by atoms with Gasteiger partial charge < -0.3 is 0 Å². The molecule has 0 aromatic rings. The Morgan fingerprint density at radius 2 is 1.11 bits per heavy atom. The molecule has 0 aliphatic rings. The van der Waals surface area contributed by atoms with Crippen LogP contribution in [0.4, 0.5) is 0 Å². The molecule has 0 saturated carbocycles. The van der Waals surface area contributed by atoms with Crippen LogP contribution in [0.1, 0.15) is 77.6 Å². The molecule has 0 amide bonds. The maximum atomic E-state index is 3.73. The van der Waals surface area contributed by atoms with E-state index < -0.39 is 0 Å². The lowest BCUT2D eigenvalue weighted by Gasteiger charge is -1.94. The molecule has 0 unspecified atom stereocenters. The number of hydrogen-bond acceptors (Lipinski definition) is 0. The van der Waals surface area contributed by atoms with Crippen molar-refractivity contribution in [3.05, 3.63) is 37.0 Å². The van der Waals surface area contributed by atoms with Gasteiger partial charge in [0.05, 0.1) is 0 Å². The molecule has 0 saturated heterocycles. The third kappa shape index (κ3) is 15.2. The van der Waals surface area contributed by atoms with Crippen LogP contribution >= 0.6 is 0 Å². The molecular formula is C18H32. The molecule has 0 fully saturated rings. The standard InChI is InChI=1S/C18H32/c1-3-5-7-9-11-13-15-17-18-16-14-12-10-8-6-4-2/h3,13-16H,1,4-12,17-18H2,2H3. The van der Waals surface area contributed by atoms with Crippen molar-refractivity contribution < 1.29 is 0 Å². The van der Waals surface area contributed by atoms with Crippen LogP contribution in [-0.2, 0) is 0 Å². The Labute approximate surface area is 115 Å². The van der Waals surface area contributed by atoms with Crippen LogP contribution < -0.4 is 0 Å². The van der Waals surface area contributed by atoms with Crippen LogP contribution in [-0.4, -0.2) is 0 Å². The van der Waals surface area contributed by atoms with E-state index in [1.165, 1.54) is 64.2 Å². The molecule has 0 bridgehead atoms. The highest BCUT2D eigenvalue weighted by Crippen LogP contribution is 2.05. The van der Waals surface area contributed by atoms with Gasteiger partial charge in [0, 0.05) is 0 Å². The van der Waals surface area contributed by atoms with Crippen molar-refractivity contribution in [2.75, 3.05) is 0 Å². The maximum Gasteiger partial charge on any atom is -0.0316 e. The van der Waals surface area contributed by atoms with Gasteiger partial charge in [-0.1, -0.05) is 56.6 Å². The van der Waals surface area contributed by atoms with E-state index in [1.807, 2.05) is 6.08 Å². The predicted molar refractivity (Wildman–Crippen MR) is 84.9 cm³/mol. The molecule has 0 aliphatic heterocycles. The fourth-order valence-electron chi connectivity index (χ4n) is 1.90. The summed E-state index contributed by atoms with van der Waals surface area (Å²) in [7, 11) is 0. The van der Waals surface area contributed by atoms with E-state index in [-0.39, 0.29) is 0 Å². The van der Waals surface area contributed by atoms with E-state index in [0.29, 0.717) is 0 Å². The summed E-state index contributed by atoms with van der Waals surface area (Å²) < 4.78 is 0. The molecule has 0 heterocycles. The summed E-state index contributed by atoms with van der Waals surface area (Å²) >= 11 is 0. The molecule has 0 aromatic heterocycles. The van der Waals surface area contributed by atoms with Gasteiger partial charge in [0.15, 0.2) is 0 Å². The van der Waals surface area contributed by atoms with Crippen molar-refractivity contribution >= 4 is 0 Å². The zero-order chi connectivity index (χ0) is 13.3. The summed E-state index contributed by atoms with van der Waals surface area (Å²) in [5.74, 6) is 0. The van der Waals surface area contributed by atoms with E-state index in [2.05, 4.69) is 37.8 Å². The summed E-state index contributed by atoms with van der Waals surface area (Å²) in [4.78, 5) is 0. The first-order chi connectivity index (χ1) is 8.91. The van der Waals surface area contributed by atoms with Gasteiger partial charge >= 0.3 is 0 Å². The summed E-state index contributed by atoms with van der Waals surface area (Å²) in [6, 6.07) is 0. The number of hydrogen-bond donors (Lipinski definition) is 0. The molecule has 0 aromatic carbocycles. The highest BCUT2D eigenvalue weighted by Gasteiger charge is 1.85. The Morgan fingerprint density at radius 3 is 1.67 bits per heavy atom. The van der Waals surface area contributed by atoms with E-state index in [9.17, 15) is 0 Å². The first kappa shape index (κ1) is 17.2. The molecular weight excluding hydrogens is 216 g/mol. The highest BCUT2D eigenvalue weighted by molar-refractivity contribution is 4.88. The van der Waals surface area contributed by atoms with Gasteiger partial charge in [-0.2, -0.15) is 0 Å². The van der Waals surface area contributed by atoms with Gasteiger partial charge in [-0.3, -0.25) is 0 Å². The molecule has 104 valence electrons. The smallest absolute Gasteiger partial charge is 0.0316 e. The summed E-state index contributed by atoms with van der Waals surface area (Å²) in [5.41, 5.74) is 0. The van der Waals surface area contributed by atoms with Gasteiger partial charge in [0.1, 0.15) is 0 Å². The van der Waals surface area contributed by atoms with Gasteiger partial charge in [0.25, 0.3) is 0 Å². The Morgan fingerprint density at radius 1 is 0.611 bits per heavy atom. The van der Waals surface area contributed by atoms with Crippen molar-refractivity contribution in [2.24, 2.45) is 0 Å². The van der Waals surface area contributed by atoms with Crippen LogP contribution in [0.2, 0.25) is 0 Å². The third-order valence-corrected chi connectivity index (χ3v) is 3.09. The van der Waals surface area contributed by atoms with Crippen molar-refractivity contribution in [3.8, 4) is 0 Å². The largest absolute Gasteiger partial charge is 0.103 e. The Hall–Kier alpha value is -0.780. The van der Waals surface area contributed by atoms with Crippen LogP contribution in [0.5, 0.6) is 0 Å². The van der Waals surface area contributed by atoms with Gasteiger partial charge in [-0.15, -0.1) is 6.58 Å². The number of unbranched alkanes of at least 4 members (excludes halogenated alkanes) is 8. The maximum absolute atomic E-state index is 3.73. The van der Waals surface area contributed by atoms with E-state index >= 15 is 0 Å². The van der Waals surface area contributed by atoms with Crippen molar-refractivity contribution in [1.82, 2.24) is 0 Å². The molecule has 0 nitrogen and oxygen atoms in total. The molecule has 0 atom stereocenters. The van der Waals surface area contributed by atoms with Crippen LogP contribution in [0.15, 0.2) is 37.0 Å². The average molecular weight is 248 g/mol. The number of rotatable bonds is 13. The summed E-state index contributed by atoms with van der Waals surface area (Å²) in [6.45, 7) is 6.00. The minimum atomic E-state index is 1.16. The van der Waals surface area contributed by atoms with E-state index in [0.717, 1.165) is 6.42 Å². The minimum Gasteiger partial charge on any atom is -0.103 e. The molecule has 0 radical (unpaired) electrons. The van der Waals surface area contributed by atoms with Gasteiger partial charge in [-0.05, 0) is 51.4 Å². The SMILES string of the molecule is C=CCCCCC=CCCC=CCCCCCC. The second kappa shape index (κ2) is 16.2. The summed E-state index contributed by atoms with van der Waals surface area (Å²) in [5, 5.41) is 0. The molecule has 0 aliphatic carbocycles. The molecule has 18 heavy (non-hydrogen) atoms. The Bertz CT molecular complexity index is 210. The fourth-order valence-corrected chi connectivity index (χ4v) is 1.90.